The van der Waals surface area contributed by atoms with Gasteiger partial charge in [-0.05, 0) is 29.5 Å². The number of para-hydroxylation sites is 1. The predicted molar refractivity (Wildman–Crippen MR) is 97.4 cm³/mol. The van der Waals surface area contributed by atoms with Crippen molar-refractivity contribution in [3.63, 3.8) is 0 Å². The molecule has 1 heterocycles. The summed E-state index contributed by atoms with van der Waals surface area (Å²) in [4.78, 5) is 0. The first-order valence-electron chi connectivity index (χ1n) is 8.86. The Morgan fingerprint density at radius 2 is 1.83 bits per heavy atom. The van der Waals surface area contributed by atoms with E-state index in [1.54, 1.807) is 0 Å². The van der Waals surface area contributed by atoms with Crippen molar-refractivity contribution in [2.75, 3.05) is 19.7 Å². The molecular weight excluding hydrogens is 298 g/mol. The highest BCUT2D eigenvalue weighted by Gasteiger charge is 2.28. The number of benzene rings is 2. The summed E-state index contributed by atoms with van der Waals surface area (Å²) in [5.41, 5.74) is 2.42. The van der Waals surface area contributed by atoms with Crippen molar-refractivity contribution in [1.29, 1.82) is 0 Å². The van der Waals surface area contributed by atoms with Crippen LogP contribution in [-0.2, 0) is 11.2 Å². The van der Waals surface area contributed by atoms with Crippen LogP contribution in [0.15, 0.2) is 54.6 Å². The Bertz CT molecular complexity index is 621. The number of rotatable bonds is 6. The summed E-state index contributed by atoms with van der Waals surface area (Å²) < 4.78 is 12.5. The first-order valence-corrected chi connectivity index (χ1v) is 8.86. The Hall–Kier alpha value is -1.84. The van der Waals surface area contributed by atoms with Gasteiger partial charge in [-0.1, -0.05) is 62.4 Å². The van der Waals surface area contributed by atoms with Crippen molar-refractivity contribution in [3.8, 4) is 5.75 Å². The Balaban J connectivity index is 1.87. The fourth-order valence-electron chi connectivity index (χ4n) is 3.15. The summed E-state index contributed by atoms with van der Waals surface area (Å²) in [7, 11) is 0. The summed E-state index contributed by atoms with van der Waals surface area (Å²) in [6, 6.07) is 18.8. The van der Waals surface area contributed by atoms with E-state index in [-0.39, 0.29) is 12.2 Å². The molecule has 2 aromatic carbocycles. The van der Waals surface area contributed by atoms with Crippen LogP contribution in [0, 0.1) is 5.92 Å². The zero-order valence-electron chi connectivity index (χ0n) is 14.6. The summed E-state index contributed by atoms with van der Waals surface area (Å²) in [6.45, 7) is 6.91. The van der Waals surface area contributed by atoms with E-state index in [2.05, 4.69) is 61.6 Å². The highest BCUT2D eigenvalue weighted by atomic mass is 16.5. The minimum atomic E-state index is -0.104. The quantitative estimate of drug-likeness (QED) is 0.871. The van der Waals surface area contributed by atoms with Gasteiger partial charge in [0, 0.05) is 13.1 Å². The normalized spacial score (nSPS) is 19.2. The van der Waals surface area contributed by atoms with Crippen molar-refractivity contribution in [3.05, 3.63) is 65.7 Å². The van der Waals surface area contributed by atoms with E-state index < -0.39 is 0 Å². The zero-order chi connectivity index (χ0) is 16.8. The molecule has 0 amide bonds. The summed E-state index contributed by atoms with van der Waals surface area (Å²) in [6.07, 6.45) is 0.933. The van der Waals surface area contributed by atoms with Gasteiger partial charge in [0.15, 0.2) is 6.10 Å². The minimum Gasteiger partial charge on any atom is -0.483 e. The van der Waals surface area contributed by atoms with E-state index in [0.29, 0.717) is 5.92 Å². The molecule has 1 N–H and O–H groups in total. The van der Waals surface area contributed by atoms with Gasteiger partial charge in [-0.15, -0.1) is 0 Å². The molecule has 2 atom stereocenters. The molecule has 1 unspecified atom stereocenters. The predicted octanol–water partition coefficient (Wildman–Crippen LogP) is 3.99. The maximum Gasteiger partial charge on any atom is 0.151 e. The molecule has 0 saturated carbocycles. The molecule has 1 aliphatic heterocycles. The van der Waals surface area contributed by atoms with E-state index in [1.807, 2.05) is 12.1 Å². The molecule has 128 valence electrons. The Kier molecular flexibility index (Phi) is 5.89. The highest BCUT2D eigenvalue weighted by Crippen LogP contribution is 2.30. The number of morpholine rings is 1. The van der Waals surface area contributed by atoms with E-state index in [9.17, 15) is 0 Å². The van der Waals surface area contributed by atoms with Crippen LogP contribution in [0.25, 0.3) is 0 Å². The summed E-state index contributed by atoms with van der Waals surface area (Å²) in [5.74, 6) is 1.56. The lowest BCUT2D eigenvalue weighted by Gasteiger charge is -2.32. The second kappa shape index (κ2) is 8.32. The van der Waals surface area contributed by atoms with Crippen molar-refractivity contribution in [2.45, 2.75) is 32.5 Å². The van der Waals surface area contributed by atoms with Crippen LogP contribution in [0.5, 0.6) is 5.75 Å². The molecular formula is C21H27NO2. The molecule has 3 nitrogen and oxygen atoms in total. The second-order valence-corrected chi connectivity index (χ2v) is 6.77. The lowest BCUT2D eigenvalue weighted by atomic mass is 10.0. The monoisotopic (exact) mass is 325 g/mol. The standard InChI is InChI=1S/C21H27NO2/c1-16(2)14-18-10-6-7-11-19(18)24-21(17-8-4-3-5-9-17)20-15-22-12-13-23-20/h3-11,16,20-22H,12-15H2,1-2H3/t20-,21?/m0/s1. The lowest BCUT2D eigenvalue weighted by molar-refractivity contribution is -0.0435. The first-order chi connectivity index (χ1) is 11.7. The molecule has 1 saturated heterocycles. The van der Waals surface area contributed by atoms with Gasteiger partial charge < -0.3 is 14.8 Å². The maximum absolute atomic E-state index is 6.51. The molecule has 24 heavy (non-hydrogen) atoms. The lowest BCUT2D eigenvalue weighted by Crippen LogP contribution is -2.43. The number of hydrogen-bond donors (Lipinski definition) is 1. The van der Waals surface area contributed by atoms with Crippen LogP contribution >= 0.6 is 0 Å². The van der Waals surface area contributed by atoms with Gasteiger partial charge in [0.25, 0.3) is 0 Å². The SMILES string of the molecule is CC(C)Cc1ccccc1OC(c1ccccc1)[C@@H]1CNCCO1. The number of hydrogen-bond acceptors (Lipinski definition) is 3. The third kappa shape index (κ3) is 4.37. The van der Waals surface area contributed by atoms with Crippen LogP contribution in [-0.4, -0.2) is 25.8 Å². The molecule has 3 heteroatoms. The van der Waals surface area contributed by atoms with Gasteiger partial charge in [0.2, 0.25) is 0 Å². The Labute approximate surface area is 145 Å². The molecule has 0 bridgehead atoms. The molecule has 3 rings (SSSR count). The first kappa shape index (κ1) is 17.0. The number of nitrogens with one attached hydrogen (secondary N) is 1. The molecule has 2 aromatic rings. The van der Waals surface area contributed by atoms with Gasteiger partial charge in [-0.3, -0.25) is 0 Å². The van der Waals surface area contributed by atoms with Crippen LogP contribution in [0.1, 0.15) is 31.1 Å². The van der Waals surface area contributed by atoms with Crippen LogP contribution < -0.4 is 10.1 Å². The molecule has 1 fully saturated rings. The van der Waals surface area contributed by atoms with Gasteiger partial charge in [0.1, 0.15) is 11.9 Å². The fraction of sp³-hybridized carbons (Fsp3) is 0.429. The van der Waals surface area contributed by atoms with Gasteiger partial charge in [-0.2, -0.15) is 0 Å². The topological polar surface area (TPSA) is 30.5 Å². The fourth-order valence-corrected chi connectivity index (χ4v) is 3.15. The van der Waals surface area contributed by atoms with Gasteiger partial charge >= 0.3 is 0 Å². The zero-order valence-corrected chi connectivity index (χ0v) is 14.6. The van der Waals surface area contributed by atoms with Crippen molar-refractivity contribution in [1.82, 2.24) is 5.32 Å². The van der Waals surface area contributed by atoms with E-state index in [0.717, 1.165) is 37.4 Å². The third-order valence-electron chi connectivity index (χ3n) is 4.28. The van der Waals surface area contributed by atoms with Gasteiger partial charge in [-0.25, -0.2) is 0 Å². The second-order valence-electron chi connectivity index (χ2n) is 6.77. The Morgan fingerprint density at radius 3 is 2.54 bits per heavy atom. The molecule has 0 aromatic heterocycles. The average Bonchev–Trinajstić information content (AvgIpc) is 2.62. The van der Waals surface area contributed by atoms with Crippen LogP contribution in [0.4, 0.5) is 0 Å². The van der Waals surface area contributed by atoms with E-state index in [4.69, 9.17) is 9.47 Å². The third-order valence-corrected chi connectivity index (χ3v) is 4.28. The van der Waals surface area contributed by atoms with E-state index in [1.165, 1.54) is 5.56 Å². The molecule has 0 aliphatic carbocycles. The summed E-state index contributed by atoms with van der Waals surface area (Å²) in [5, 5.41) is 3.41. The molecule has 0 spiro atoms. The summed E-state index contributed by atoms with van der Waals surface area (Å²) >= 11 is 0. The van der Waals surface area contributed by atoms with E-state index >= 15 is 0 Å². The minimum absolute atomic E-state index is 0.0215. The number of ether oxygens (including phenoxy) is 2. The van der Waals surface area contributed by atoms with Gasteiger partial charge in [0.05, 0.1) is 6.61 Å². The highest BCUT2D eigenvalue weighted by molar-refractivity contribution is 5.35. The maximum atomic E-state index is 6.51. The largest absolute Gasteiger partial charge is 0.483 e. The average molecular weight is 325 g/mol. The Morgan fingerprint density at radius 1 is 1.08 bits per heavy atom. The van der Waals surface area contributed by atoms with Crippen molar-refractivity contribution in [2.24, 2.45) is 5.92 Å². The van der Waals surface area contributed by atoms with Crippen LogP contribution in [0.2, 0.25) is 0 Å². The van der Waals surface area contributed by atoms with Crippen LogP contribution in [0.3, 0.4) is 0 Å². The smallest absolute Gasteiger partial charge is 0.151 e. The van der Waals surface area contributed by atoms with Crippen molar-refractivity contribution < 1.29 is 9.47 Å². The molecule has 0 radical (unpaired) electrons. The molecule has 1 aliphatic rings. The van der Waals surface area contributed by atoms with Crippen molar-refractivity contribution >= 4 is 0 Å².